The van der Waals surface area contributed by atoms with Crippen LogP contribution in [0.5, 0.6) is 5.75 Å². The second-order valence-electron chi connectivity index (χ2n) is 10.2. The third kappa shape index (κ3) is 3.44. The zero-order valence-electron chi connectivity index (χ0n) is 17.4. The number of rotatable bonds is 4. The summed E-state index contributed by atoms with van der Waals surface area (Å²) in [5, 5.41) is 10.1. The lowest BCUT2D eigenvalue weighted by Gasteiger charge is -2.43. The van der Waals surface area contributed by atoms with Crippen LogP contribution >= 0.6 is 7.82 Å². The molecule has 3 unspecified atom stereocenters. The van der Waals surface area contributed by atoms with Crippen molar-refractivity contribution in [1.29, 1.82) is 0 Å². The molecule has 1 heterocycles. The third-order valence-corrected chi connectivity index (χ3v) is 8.19. The number of phosphoric ester groups is 1. The van der Waals surface area contributed by atoms with Gasteiger partial charge in [-0.15, -0.1) is 0 Å². The van der Waals surface area contributed by atoms with Gasteiger partial charge >= 0.3 is 7.82 Å². The second-order valence-corrected chi connectivity index (χ2v) is 11.6. The van der Waals surface area contributed by atoms with E-state index in [0.717, 1.165) is 19.4 Å². The van der Waals surface area contributed by atoms with E-state index >= 15 is 0 Å². The van der Waals surface area contributed by atoms with Gasteiger partial charge in [-0.3, -0.25) is 9.01 Å². The van der Waals surface area contributed by atoms with Crippen LogP contribution in [0.3, 0.4) is 0 Å². The molecule has 2 aliphatic carbocycles. The maximum absolute atomic E-state index is 12.5. The second kappa shape index (κ2) is 6.55. The minimum Gasteiger partial charge on any atom is -0.508 e. The lowest BCUT2D eigenvalue weighted by Crippen LogP contribution is -2.51. The van der Waals surface area contributed by atoms with E-state index in [1.165, 1.54) is 30.4 Å². The maximum atomic E-state index is 12.5. The molecule has 0 amide bonds. The maximum Gasteiger partial charge on any atom is 0.477 e. The van der Waals surface area contributed by atoms with Crippen LogP contribution in [-0.2, 0) is 25.4 Å². The number of phenols is 1. The first-order chi connectivity index (χ1) is 12.9. The van der Waals surface area contributed by atoms with Gasteiger partial charge < -0.3 is 10.00 Å². The van der Waals surface area contributed by atoms with E-state index in [1.54, 1.807) is 26.8 Å². The van der Waals surface area contributed by atoms with Crippen molar-refractivity contribution < 1.29 is 28.1 Å². The Morgan fingerprint density at radius 1 is 1.32 bits per heavy atom. The van der Waals surface area contributed by atoms with Crippen LogP contribution in [0.1, 0.15) is 57.6 Å². The normalized spacial score (nSPS) is 36.5. The molecule has 0 aromatic heterocycles. The number of benzene rings is 1. The molecule has 156 valence electrons. The monoisotopic (exact) mass is 410 g/mol. The van der Waals surface area contributed by atoms with E-state index in [9.17, 15) is 14.6 Å². The molecule has 2 N–H and O–H groups in total. The van der Waals surface area contributed by atoms with E-state index < -0.39 is 13.4 Å². The molecule has 3 aliphatic rings. The summed E-state index contributed by atoms with van der Waals surface area (Å²) < 4.78 is 23.9. The number of hydrogen-bond donors (Lipinski definition) is 2. The quantitative estimate of drug-likeness (QED) is 0.578. The molecular weight excluding hydrogens is 377 g/mol. The average molecular weight is 410 g/mol. The van der Waals surface area contributed by atoms with Crippen LogP contribution in [0, 0.1) is 5.92 Å². The van der Waals surface area contributed by atoms with Crippen molar-refractivity contribution in [3.05, 3.63) is 29.3 Å². The number of phosphoric acid groups is 1. The van der Waals surface area contributed by atoms with Crippen LogP contribution in [0.25, 0.3) is 0 Å². The number of fused-ring (bicyclic) bond motifs is 1. The lowest BCUT2D eigenvalue weighted by atomic mass is 9.58. The number of likely N-dealkylation sites (N-methyl/N-ethyl adjacent to an activating group) is 1. The Morgan fingerprint density at radius 3 is 2.79 bits per heavy atom. The van der Waals surface area contributed by atoms with Gasteiger partial charge in [0.1, 0.15) is 5.75 Å². The Labute approximate surface area is 167 Å². The van der Waals surface area contributed by atoms with Crippen molar-refractivity contribution >= 4 is 7.82 Å². The predicted molar refractivity (Wildman–Crippen MR) is 107 cm³/mol. The smallest absolute Gasteiger partial charge is 0.477 e. The molecule has 5 atom stereocenters. The van der Waals surface area contributed by atoms with Gasteiger partial charge in [-0.2, -0.15) is 0 Å². The summed E-state index contributed by atoms with van der Waals surface area (Å²) in [6.07, 6.45) is 5.60. The fourth-order valence-corrected chi connectivity index (χ4v) is 7.31. The first-order valence-corrected chi connectivity index (χ1v) is 11.8. The Morgan fingerprint density at radius 2 is 2.07 bits per heavy atom. The van der Waals surface area contributed by atoms with Gasteiger partial charge in [0.2, 0.25) is 0 Å². The number of likely N-dealkylation sites (tertiary alicyclic amines) is 1. The molecule has 7 heteroatoms. The number of hydrogen-bond acceptors (Lipinski definition) is 4. The van der Waals surface area contributed by atoms with Crippen molar-refractivity contribution in [2.45, 2.75) is 69.9 Å². The summed E-state index contributed by atoms with van der Waals surface area (Å²) in [7, 11) is -1.98. The van der Waals surface area contributed by atoms with Gasteiger partial charge in [0.15, 0.2) is 6.73 Å². The largest absolute Gasteiger partial charge is 0.508 e. The molecule has 0 radical (unpaired) electrons. The van der Waals surface area contributed by atoms with Gasteiger partial charge in [-0.1, -0.05) is 18.9 Å². The zero-order chi connectivity index (χ0) is 20.4. The number of nitrogens with zero attached hydrogens (tertiary/aromatic N) is 1. The molecule has 28 heavy (non-hydrogen) atoms. The molecule has 4 rings (SSSR count). The summed E-state index contributed by atoms with van der Waals surface area (Å²) in [4.78, 5) is 10.2. The van der Waals surface area contributed by atoms with Crippen LogP contribution in [0.2, 0.25) is 0 Å². The number of aromatic hydroxyl groups is 1. The molecular formula is C21H33NO5P+. The first-order valence-electron chi connectivity index (χ1n) is 10.3. The molecule has 2 bridgehead atoms. The van der Waals surface area contributed by atoms with E-state index in [1.807, 2.05) is 6.07 Å². The highest BCUT2D eigenvalue weighted by molar-refractivity contribution is 7.47. The molecule has 1 saturated carbocycles. The van der Waals surface area contributed by atoms with Gasteiger partial charge in [-0.05, 0) is 56.9 Å². The van der Waals surface area contributed by atoms with E-state index in [0.29, 0.717) is 22.2 Å². The first kappa shape index (κ1) is 20.4. The van der Waals surface area contributed by atoms with Crippen molar-refractivity contribution in [2.24, 2.45) is 5.92 Å². The van der Waals surface area contributed by atoms with Crippen LogP contribution < -0.4 is 0 Å². The van der Waals surface area contributed by atoms with Crippen molar-refractivity contribution in [1.82, 2.24) is 0 Å². The summed E-state index contributed by atoms with van der Waals surface area (Å²) in [5.74, 6) is 0.845. The Hall–Kier alpha value is -0.910. The molecule has 1 aromatic carbocycles. The summed E-state index contributed by atoms with van der Waals surface area (Å²) in [5.41, 5.74) is 1.87. The minimum absolute atomic E-state index is 0.0255. The lowest BCUT2D eigenvalue weighted by molar-refractivity contribution is -0.938. The van der Waals surface area contributed by atoms with E-state index in [2.05, 4.69) is 13.1 Å². The highest BCUT2D eigenvalue weighted by Crippen LogP contribution is 2.59. The number of phenolic OH excluding ortho intramolecular Hbond substituents is 1. The molecule has 0 spiro atoms. The average Bonchev–Trinajstić information content (AvgIpc) is 2.77. The van der Waals surface area contributed by atoms with Crippen LogP contribution in [0.15, 0.2) is 18.2 Å². The van der Waals surface area contributed by atoms with E-state index in [-0.39, 0.29) is 12.1 Å². The van der Waals surface area contributed by atoms with E-state index in [4.69, 9.17) is 9.05 Å². The Kier molecular flexibility index (Phi) is 4.76. The highest BCUT2D eigenvalue weighted by atomic mass is 31.2. The van der Waals surface area contributed by atoms with Crippen LogP contribution in [0.4, 0.5) is 0 Å². The molecule has 1 aliphatic heterocycles. The Balaban J connectivity index is 1.64. The summed E-state index contributed by atoms with van der Waals surface area (Å²) >= 11 is 0. The molecule has 1 saturated heterocycles. The number of quaternary nitrogens is 1. The minimum atomic E-state index is -4.13. The van der Waals surface area contributed by atoms with Gasteiger partial charge in [0, 0.05) is 12.3 Å². The van der Waals surface area contributed by atoms with Crippen molar-refractivity contribution in [3.63, 3.8) is 0 Å². The SMILES string of the molecule is CC(C)(C)OP(=O)(O)OC[N+]1(C)C[C@]23CCCCC2[C@H]1Cc1ccc(O)cc13. The zero-order valence-corrected chi connectivity index (χ0v) is 18.2. The van der Waals surface area contributed by atoms with Crippen molar-refractivity contribution in [2.75, 3.05) is 20.3 Å². The molecule has 6 nitrogen and oxygen atoms in total. The van der Waals surface area contributed by atoms with Crippen molar-refractivity contribution in [3.8, 4) is 5.75 Å². The highest BCUT2D eigenvalue weighted by Gasteiger charge is 2.64. The van der Waals surface area contributed by atoms with Gasteiger partial charge in [-0.25, -0.2) is 9.09 Å². The predicted octanol–water partition coefficient (Wildman–Crippen LogP) is 4.09. The van der Waals surface area contributed by atoms with Gasteiger partial charge in [0.25, 0.3) is 0 Å². The topological polar surface area (TPSA) is 76.0 Å². The molecule has 1 aromatic rings. The third-order valence-electron chi connectivity index (χ3n) is 6.97. The standard InChI is InChI=1S/C21H32NO5P/c1-20(2,3)27-28(24,25)26-14-22(4)13-21-10-6-5-7-17(21)19(22)11-15-8-9-16(23)12-18(15)21/h8-9,12,17,19H,5-7,10-11,13-14H2,1-4H3,(H-,23,24,25)/p+1/t17?,19-,21-,22?/m1/s1. The summed E-state index contributed by atoms with van der Waals surface area (Å²) in [6, 6.07) is 6.14. The van der Waals surface area contributed by atoms with Gasteiger partial charge in [0.05, 0.1) is 30.7 Å². The van der Waals surface area contributed by atoms with Crippen LogP contribution in [-0.4, -0.2) is 46.4 Å². The Bertz CT molecular complexity index is 822. The fraction of sp³-hybridized carbons (Fsp3) is 0.714. The molecule has 2 fully saturated rings. The summed E-state index contributed by atoms with van der Waals surface area (Å²) in [6.45, 7) is 6.26. The fourth-order valence-electron chi connectivity index (χ4n) is 6.15.